The van der Waals surface area contributed by atoms with Crippen LogP contribution >= 0.6 is 39.9 Å². The molecule has 23 heavy (non-hydrogen) atoms. The largest absolute Gasteiger partial charge is 0.357 e. The Morgan fingerprint density at radius 3 is 2.48 bits per heavy atom. The summed E-state index contributed by atoms with van der Waals surface area (Å²) in [5.74, 6) is 0.901. The van der Waals surface area contributed by atoms with Gasteiger partial charge in [-0.05, 0) is 18.6 Å². The lowest BCUT2D eigenvalue weighted by Crippen LogP contribution is -2.38. The Balaban J connectivity index is 0.00000484. The number of carbonyl (C=O) groups is 1. The van der Waals surface area contributed by atoms with E-state index < -0.39 is 0 Å². The van der Waals surface area contributed by atoms with Crippen LogP contribution in [0.1, 0.15) is 18.9 Å². The topological polar surface area (TPSA) is 47.9 Å². The van der Waals surface area contributed by atoms with Gasteiger partial charge in [-0.2, -0.15) is 0 Å². The van der Waals surface area contributed by atoms with Crippen molar-refractivity contribution in [1.29, 1.82) is 0 Å². The molecule has 1 aromatic rings. The summed E-state index contributed by atoms with van der Waals surface area (Å²) in [6.45, 7) is 4.06. The monoisotopic (exact) mass is 496 g/mol. The molecule has 0 bridgehead atoms. The summed E-state index contributed by atoms with van der Waals surface area (Å²) in [5, 5.41) is 3.26. The summed E-state index contributed by atoms with van der Waals surface area (Å²) in [7, 11) is 5.52. The van der Waals surface area contributed by atoms with Gasteiger partial charge in [0.25, 0.3) is 0 Å². The van der Waals surface area contributed by atoms with E-state index in [1.54, 1.807) is 19.0 Å². The predicted molar refractivity (Wildman–Crippen MR) is 110 cm³/mol. The van der Waals surface area contributed by atoms with E-state index in [2.05, 4.69) is 37.2 Å². The number of aliphatic imine (C=N–C) groups is 1. The van der Waals surface area contributed by atoms with Crippen LogP contribution in [0.5, 0.6) is 0 Å². The van der Waals surface area contributed by atoms with Crippen LogP contribution < -0.4 is 5.32 Å². The Bertz CT molecular complexity index is 523. The van der Waals surface area contributed by atoms with Crippen molar-refractivity contribution in [3.05, 3.63) is 34.3 Å². The van der Waals surface area contributed by atoms with E-state index in [0.717, 1.165) is 23.5 Å². The zero-order valence-corrected chi connectivity index (χ0v) is 18.1. The SMILES string of the molecule is CCNC(=NCCC(=O)N(C)C)N(C)Cc1ccccc1Br.I. The molecule has 1 N–H and O–H groups in total. The molecule has 0 saturated heterocycles. The van der Waals surface area contributed by atoms with Gasteiger partial charge in [0.15, 0.2) is 5.96 Å². The quantitative estimate of drug-likeness (QED) is 0.374. The summed E-state index contributed by atoms with van der Waals surface area (Å²) in [6, 6.07) is 8.14. The highest BCUT2D eigenvalue weighted by Gasteiger charge is 2.09. The van der Waals surface area contributed by atoms with Crippen molar-refractivity contribution < 1.29 is 4.79 Å². The maximum atomic E-state index is 11.6. The molecule has 0 atom stereocenters. The van der Waals surface area contributed by atoms with Gasteiger partial charge in [0, 0.05) is 45.1 Å². The molecule has 0 radical (unpaired) electrons. The van der Waals surface area contributed by atoms with Crippen LogP contribution in [0.15, 0.2) is 33.7 Å². The molecule has 7 heteroatoms. The summed E-state index contributed by atoms with van der Waals surface area (Å²) < 4.78 is 1.08. The van der Waals surface area contributed by atoms with Crippen molar-refractivity contribution in [2.75, 3.05) is 34.2 Å². The molecular weight excluding hydrogens is 471 g/mol. The van der Waals surface area contributed by atoms with Crippen LogP contribution in [-0.4, -0.2) is 55.9 Å². The number of guanidine groups is 1. The molecule has 0 aliphatic rings. The van der Waals surface area contributed by atoms with Gasteiger partial charge in [-0.15, -0.1) is 24.0 Å². The second-order valence-electron chi connectivity index (χ2n) is 5.22. The fourth-order valence-corrected chi connectivity index (χ4v) is 2.32. The van der Waals surface area contributed by atoms with E-state index in [-0.39, 0.29) is 29.9 Å². The summed E-state index contributed by atoms with van der Waals surface area (Å²) in [5.41, 5.74) is 1.19. The third-order valence-electron chi connectivity index (χ3n) is 3.15. The van der Waals surface area contributed by atoms with Crippen molar-refractivity contribution in [1.82, 2.24) is 15.1 Å². The average molecular weight is 497 g/mol. The van der Waals surface area contributed by atoms with Gasteiger partial charge in [0.2, 0.25) is 5.91 Å². The maximum absolute atomic E-state index is 11.6. The molecule has 0 heterocycles. The van der Waals surface area contributed by atoms with E-state index in [1.807, 2.05) is 32.2 Å². The lowest BCUT2D eigenvalue weighted by molar-refractivity contribution is -0.128. The van der Waals surface area contributed by atoms with E-state index >= 15 is 0 Å². The highest BCUT2D eigenvalue weighted by molar-refractivity contribution is 14.0. The Kier molecular flexibility index (Phi) is 11.2. The van der Waals surface area contributed by atoms with Crippen molar-refractivity contribution in [3.63, 3.8) is 0 Å². The first-order valence-corrected chi connectivity index (χ1v) is 8.18. The summed E-state index contributed by atoms with van der Waals surface area (Å²) >= 11 is 3.56. The van der Waals surface area contributed by atoms with Gasteiger partial charge >= 0.3 is 0 Å². The third kappa shape index (κ3) is 8.01. The number of hydrogen-bond acceptors (Lipinski definition) is 2. The molecule has 0 spiro atoms. The molecule has 0 unspecified atom stereocenters. The highest BCUT2D eigenvalue weighted by Crippen LogP contribution is 2.17. The highest BCUT2D eigenvalue weighted by atomic mass is 127. The maximum Gasteiger partial charge on any atom is 0.223 e. The molecule has 0 fully saturated rings. The Hall–Kier alpha value is -0.830. The van der Waals surface area contributed by atoms with Crippen molar-refractivity contribution >= 4 is 51.8 Å². The second kappa shape index (κ2) is 11.7. The molecule has 5 nitrogen and oxygen atoms in total. The molecule has 0 aliphatic carbocycles. The smallest absolute Gasteiger partial charge is 0.223 e. The minimum Gasteiger partial charge on any atom is -0.357 e. The number of hydrogen-bond donors (Lipinski definition) is 1. The molecule has 0 aliphatic heterocycles. The summed E-state index contributed by atoms with van der Waals surface area (Å²) in [6.07, 6.45) is 0.421. The molecule has 0 saturated carbocycles. The minimum atomic E-state index is 0. The lowest BCUT2D eigenvalue weighted by atomic mass is 10.2. The van der Waals surface area contributed by atoms with Crippen LogP contribution in [0.25, 0.3) is 0 Å². The first-order valence-electron chi connectivity index (χ1n) is 7.38. The number of benzene rings is 1. The fraction of sp³-hybridized carbons (Fsp3) is 0.500. The van der Waals surface area contributed by atoms with Crippen LogP contribution in [0.4, 0.5) is 0 Å². The van der Waals surface area contributed by atoms with Crippen LogP contribution in [0.2, 0.25) is 0 Å². The Morgan fingerprint density at radius 2 is 1.91 bits per heavy atom. The van der Waals surface area contributed by atoms with E-state index in [0.29, 0.717) is 13.0 Å². The molecule has 130 valence electrons. The fourth-order valence-electron chi connectivity index (χ4n) is 1.91. The van der Waals surface area contributed by atoms with Gasteiger partial charge in [-0.3, -0.25) is 9.79 Å². The van der Waals surface area contributed by atoms with E-state index in [4.69, 9.17) is 0 Å². The minimum absolute atomic E-state index is 0. The lowest BCUT2D eigenvalue weighted by Gasteiger charge is -2.22. The molecule has 0 aromatic heterocycles. The zero-order valence-electron chi connectivity index (χ0n) is 14.2. The summed E-state index contributed by atoms with van der Waals surface area (Å²) in [4.78, 5) is 19.8. The predicted octanol–water partition coefficient (Wildman–Crippen LogP) is 2.94. The number of nitrogens with zero attached hydrogens (tertiary/aromatic N) is 3. The number of amides is 1. The van der Waals surface area contributed by atoms with Crippen LogP contribution in [0.3, 0.4) is 0 Å². The molecule has 1 aromatic carbocycles. The van der Waals surface area contributed by atoms with Crippen LogP contribution in [0, 0.1) is 0 Å². The molecular formula is C16H26BrIN4O. The molecule has 1 rings (SSSR count). The molecule has 1 amide bonds. The third-order valence-corrected chi connectivity index (χ3v) is 3.92. The number of nitrogens with one attached hydrogen (secondary N) is 1. The first-order chi connectivity index (χ1) is 10.5. The standard InChI is InChI=1S/C16H25BrN4O.HI/c1-5-18-16(19-11-10-15(22)20(2)3)21(4)12-13-8-6-7-9-14(13)17;/h6-9H,5,10-12H2,1-4H3,(H,18,19);1H. The van der Waals surface area contributed by atoms with Crippen molar-refractivity contribution in [2.45, 2.75) is 19.9 Å². The van der Waals surface area contributed by atoms with Gasteiger partial charge < -0.3 is 15.1 Å². The Morgan fingerprint density at radius 1 is 1.26 bits per heavy atom. The average Bonchev–Trinajstić information content (AvgIpc) is 2.48. The van der Waals surface area contributed by atoms with E-state index in [9.17, 15) is 4.79 Å². The van der Waals surface area contributed by atoms with Crippen molar-refractivity contribution in [2.24, 2.45) is 4.99 Å². The van der Waals surface area contributed by atoms with Gasteiger partial charge in [0.1, 0.15) is 0 Å². The second-order valence-corrected chi connectivity index (χ2v) is 6.08. The number of halogens is 2. The van der Waals surface area contributed by atoms with Crippen molar-refractivity contribution in [3.8, 4) is 0 Å². The van der Waals surface area contributed by atoms with Gasteiger partial charge in [-0.1, -0.05) is 34.1 Å². The first kappa shape index (κ1) is 22.2. The zero-order chi connectivity index (χ0) is 16.5. The van der Waals surface area contributed by atoms with Gasteiger partial charge in [-0.25, -0.2) is 0 Å². The number of carbonyl (C=O) groups excluding carboxylic acids is 1. The normalized spacial score (nSPS) is 10.7. The van der Waals surface area contributed by atoms with E-state index in [1.165, 1.54) is 5.56 Å². The van der Waals surface area contributed by atoms with Gasteiger partial charge in [0.05, 0.1) is 6.54 Å². The Labute approximate surface area is 164 Å². The number of rotatable bonds is 6. The van der Waals surface area contributed by atoms with Crippen LogP contribution in [-0.2, 0) is 11.3 Å².